The van der Waals surface area contributed by atoms with Gasteiger partial charge in [-0.2, -0.15) is 5.10 Å². The summed E-state index contributed by atoms with van der Waals surface area (Å²) in [6.45, 7) is 0. The van der Waals surface area contributed by atoms with Crippen LogP contribution in [0.15, 0.2) is 41.1 Å². The Hall–Kier alpha value is -2.20. The van der Waals surface area contributed by atoms with Crippen molar-refractivity contribution in [3.05, 3.63) is 46.7 Å². The molecule has 0 spiro atoms. The van der Waals surface area contributed by atoms with Gasteiger partial charge in [-0.05, 0) is 36.6 Å². The predicted octanol–water partition coefficient (Wildman–Crippen LogP) is 1.22. The first-order valence-corrected chi connectivity index (χ1v) is 10.5. The Kier molecular flexibility index (Phi) is 5.42. The van der Waals surface area contributed by atoms with Crippen molar-refractivity contribution in [2.75, 3.05) is 11.5 Å². The predicted molar refractivity (Wildman–Crippen MR) is 98.3 cm³/mol. The lowest BCUT2D eigenvalue weighted by molar-refractivity contribution is -0.122. The van der Waals surface area contributed by atoms with E-state index in [4.69, 9.17) is 0 Å². The third-order valence-electron chi connectivity index (χ3n) is 4.05. The molecular weight excluding hydrogens is 424 g/mol. The smallest absolute Gasteiger partial charge is 0.272 e. The highest BCUT2D eigenvalue weighted by molar-refractivity contribution is 9.10. The summed E-state index contributed by atoms with van der Waals surface area (Å²) in [5, 5.41) is 4.12. The molecule has 2 amide bonds. The van der Waals surface area contributed by atoms with Crippen LogP contribution in [0.5, 0.6) is 0 Å². The van der Waals surface area contributed by atoms with Crippen LogP contribution in [0.2, 0.25) is 0 Å². The van der Waals surface area contributed by atoms with Crippen LogP contribution in [0, 0.1) is 5.92 Å². The van der Waals surface area contributed by atoms with Crippen LogP contribution in [-0.2, 0) is 14.6 Å². The fourth-order valence-electron chi connectivity index (χ4n) is 2.72. The first-order valence-electron chi connectivity index (χ1n) is 7.92. The molecule has 2 aromatic rings. The number of aromatic nitrogens is 2. The fourth-order valence-corrected chi connectivity index (χ4v) is 4.85. The molecule has 3 rings (SSSR count). The minimum atomic E-state index is -3.02. The molecule has 1 aromatic heterocycles. The van der Waals surface area contributed by atoms with Gasteiger partial charge in [-0.1, -0.05) is 15.9 Å². The molecular formula is C16H17BrN4O4S. The minimum absolute atomic E-state index is 0.0221. The third kappa shape index (κ3) is 4.70. The Bertz CT molecular complexity index is 924. The number of halogens is 1. The summed E-state index contributed by atoms with van der Waals surface area (Å²) in [4.78, 5) is 24.0. The van der Waals surface area contributed by atoms with Crippen molar-refractivity contribution < 1.29 is 18.0 Å². The lowest BCUT2D eigenvalue weighted by atomic mass is 10.1. The van der Waals surface area contributed by atoms with E-state index in [1.54, 1.807) is 10.9 Å². The molecule has 1 aromatic carbocycles. The molecule has 1 aliphatic heterocycles. The molecule has 0 radical (unpaired) electrons. The van der Waals surface area contributed by atoms with Gasteiger partial charge in [0.15, 0.2) is 9.84 Å². The molecule has 1 aliphatic rings. The van der Waals surface area contributed by atoms with Crippen LogP contribution < -0.4 is 10.9 Å². The number of carbonyl (C=O) groups is 2. The van der Waals surface area contributed by atoms with Gasteiger partial charge in [-0.25, -0.2) is 13.1 Å². The van der Waals surface area contributed by atoms with Gasteiger partial charge in [-0.15, -0.1) is 0 Å². The molecule has 1 saturated heterocycles. The van der Waals surface area contributed by atoms with E-state index in [0.29, 0.717) is 6.42 Å². The highest BCUT2D eigenvalue weighted by atomic mass is 79.9. The topological polar surface area (TPSA) is 110 Å². The largest absolute Gasteiger partial charge is 0.273 e. The molecule has 10 heteroatoms. The SMILES string of the molecule is O=C(CC1CCS(=O)(=O)C1)NNC(=O)c1cnn(-c2ccc(Br)cc2)c1. The van der Waals surface area contributed by atoms with Gasteiger partial charge >= 0.3 is 0 Å². The third-order valence-corrected chi connectivity index (χ3v) is 6.42. The molecule has 0 bridgehead atoms. The van der Waals surface area contributed by atoms with Gasteiger partial charge in [0.05, 0.1) is 29.0 Å². The molecule has 2 N–H and O–H groups in total. The zero-order chi connectivity index (χ0) is 18.7. The van der Waals surface area contributed by atoms with E-state index >= 15 is 0 Å². The number of nitrogens with one attached hydrogen (secondary N) is 2. The second-order valence-electron chi connectivity index (χ2n) is 6.13. The zero-order valence-electron chi connectivity index (χ0n) is 13.7. The van der Waals surface area contributed by atoms with E-state index < -0.39 is 21.7 Å². The van der Waals surface area contributed by atoms with Crippen LogP contribution in [0.1, 0.15) is 23.2 Å². The number of sulfone groups is 1. The Labute approximate surface area is 159 Å². The molecule has 2 heterocycles. The first-order chi connectivity index (χ1) is 12.3. The van der Waals surface area contributed by atoms with Gasteiger partial charge in [0.25, 0.3) is 5.91 Å². The van der Waals surface area contributed by atoms with Gasteiger partial charge in [-0.3, -0.25) is 20.4 Å². The van der Waals surface area contributed by atoms with Crippen LogP contribution >= 0.6 is 15.9 Å². The second kappa shape index (κ2) is 7.58. The van der Waals surface area contributed by atoms with Crippen molar-refractivity contribution in [2.45, 2.75) is 12.8 Å². The summed E-state index contributed by atoms with van der Waals surface area (Å²) in [7, 11) is -3.02. The number of nitrogens with zero attached hydrogens (tertiary/aromatic N) is 2. The van der Waals surface area contributed by atoms with Gasteiger partial charge < -0.3 is 0 Å². The van der Waals surface area contributed by atoms with E-state index in [-0.39, 0.29) is 29.4 Å². The molecule has 1 atom stereocenters. The van der Waals surface area contributed by atoms with Crippen LogP contribution in [0.4, 0.5) is 0 Å². The van der Waals surface area contributed by atoms with Gasteiger partial charge in [0.2, 0.25) is 5.91 Å². The average molecular weight is 441 g/mol. The highest BCUT2D eigenvalue weighted by Gasteiger charge is 2.29. The quantitative estimate of drug-likeness (QED) is 0.694. The zero-order valence-corrected chi connectivity index (χ0v) is 16.1. The molecule has 8 nitrogen and oxygen atoms in total. The Morgan fingerprint density at radius 3 is 2.62 bits per heavy atom. The molecule has 1 fully saturated rings. The highest BCUT2D eigenvalue weighted by Crippen LogP contribution is 2.21. The van der Waals surface area contributed by atoms with Crippen LogP contribution in [-0.4, -0.2) is 41.5 Å². The average Bonchev–Trinajstić information content (AvgIpc) is 3.20. The van der Waals surface area contributed by atoms with Crippen molar-refractivity contribution in [3.63, 3.8) is 0 Å². The number of carbonyl (C=O) groups excluding carboxylic acids is 2. The van der Waals surface area contributed by atoms with E-state index in [1.165, 1.54) is 6.20 Å². The normalized spacial score (nSPS) is 18.4. The second-order valence-corrected chi connectivity index (χ2v) is 9.27. The maximum absolute atomic E-state index is 12.1. The van der Waals surface area contributed by atoms with E-state index in [0.717, 1.165) is 10.2 Å². The van der Waals surface area contributed by atoms with Crippen molar-refractivity contribution in [1.29, 1.82) is 0 Å². The maximum atomic E-state index is 12.1. The fraction of sp³-hybridized carbons (Fsp3) is 0.312. The maximum Gasteiger partial charge on any atom is 0.272 e. The number of rotatable bonds is 4. The molecule has 0 aliphatic carbocycles. The van der Waals surface area contributed by atoms with Gasteiger partial charge in [0.1, 0.15) is 0 Å². The molecule has 138 valence electrons. The summed E-state index contributed by atoms with van der Waals surface area (Å²) >= 11 is 3.35. The Morgan fingerprint density at radius 2 is 1.96 bits per heavy atom. The number of benzene rings is 1. The first kappa shape index (κ1) is 18.6. The Morgan fingerprint density at radius 1 is 1.23 bits per heavy atom. The van der Waals surface area contributed by atoms with Crippen molar-refractivity contribution in [2.24, 2.45) is 5.92 Å². The van der Waals surface area contributed by atoms with E-state index in [9.17, 15) is 18.0 Å². The summed E-state index contributed by atoms with van der Waals surface area (Å²) in [5.41, 5.74) is 5.71. The number of amides is 2. The van der Waals surface area contributed by atoms with E-state index in [2.05, 4.69) is 31.9 Å². The summed E-state index contributed by atoms with van der Waals surface area (Å²) in [5.74, 6) is -0.973. The molecule has 0 saturated carbocycles. The molecule has 26 heavy (non-hydrogen) atoms. The monoisotopic (exact) mass is 440 g/mol. The minimum Gasteiger partial charge on any atom is -0.273 e. The summed E-state index contributed by atoms with van der Waals surface area (Å²) < 4.78 is 25.3. The van der Waals surface area contributed by atoms with E-state index in [1.807, 2.05) is 24.3 Å². The van der Waals surface area contributed by atoms with Crippen molar-refractivity contribution in [3.8, 4) is 5.69 Å². The number of hydrogen-bond acceptors (Lipinski definition) is 5. The van der Waals surface area contributed by atoms with Crippen LogP contribution in [0.3, 0.4) is 0 Å². The van der Waals surface area contributed by atoms with Gasteiger partial charge in [0, 0.05) is 17.1 Å². The van der Waals surface area contributed by atoms with Crippen molar-refractivity contribution in [1.82, 2.24) is 20.6 Å². The lowest BCUT2D eigenvalue weighted by Crippen LogP contribution is -2.42. The van der Waals surface area contributed by atoms with Crippen molar-refractivity contribution >= 4 is 37.6 Å². The lowest BCUT2D eigenvalue weighted by Gasteiger charge is -2.09. The summed E-state index contributed by atoms with van der Waals surface area (Å²) in [6, 6.07) is 7.41. The Balaban J connectivity index is 1.52. The summed E-state index contributed by atoms with van der Waals surface area (Å²) in [6.07, 6.45) is 3.49. The standard InChI is InChI=1S/C16H17BrN4O4S/c17-13-1-3-14(4-2-13)21-9-12(8-18-21)16(23)20-19-15(22)7-11-5-6-26(24,25)10-11/h1-4,8-9,11H,5-7,10H2,(H,19,22)(H,20,23). The number of hydrogen-bond donors (Lipinski definition) is 2. The number of hydrazine groups is 1. The molecule has 1 unspecified atom stereocenters. The van der Waals surface area contributed by atoms with Crippen LogP contribution in [0.25, 0.3) is 5.69 Å².